The first kappa shape index (κ1) is 15.6. The summed E-state index contributed by atoms with van der Waals surface area (Å²) in [5, 5.41) is 0.912. The molecule has 0 unspecified atom stereocenters. The number of benzene rings is 3. The van der Waals surface area contributed by atoms with Gasteiger partial charge in [0.05, 0.1) is 11.2 Å². The summed E-state index contributed by atoms with van der Waals surface area (Å²) in [6.07, 6.45) is 0. The topological polar surface area (TPSA) is 47.5 Å². The molecule has 0 aliphatic rings. The third-order valence-electron chi connectivity index (χ3n) is 4.77. The maximum Gasteiger partial charge on any atom is 0.425 e. The summed E-state index contributed by atoms with van der Waals surface area (Å²) in [7, 11) is 0. The average molecular weight is 352 g/mol. The smallest absolute Gasteiger partial charge is 0.405 e. The lowest BCUT2D eigenvalue weighted by Crippen LogP contribution is -2.08. The van der Waals surface area contributed by atoms with Gasteiger partial charge in [-0.25, -0.2) is 14.2 Å². The number of hydrogen-bond acceptors (Lipinski definition) is 3. The molecule has 0 saturated heterocycles. The summed E-state index contributed by atoms with van der Waals surface area (Å²) in [6, 6.07) is 25.7. The van der Waals surface area contributed by atoms with Crippen LogP contribution in [0, 0.1) is 6.92 Å². The van der Waals surface area contributed by atoms with Crippen LogP contribution in [0.3, 0.4) is 0 Å². The molecule has 0 spiro atoms. The molecule has 0 atom stereocenters. The van der Waals surface area contributed by atoms with E-state index in [1.54, 1.807) is 4.40 Å². The van der Waals surface area contributed by atoms with Gasteiger partial charge in [-0.15, -0.1) is 0 Å². The number of fused-ring (bicyclic) bond motifs is 3. The predicted molar refractivity (Wildman–Crippen MR) is 107 cm³/mol. The van der Waals surface area contributed by atoms with Gasteiger partial charge in [-0.1, -0.05) is 78.4 Å². The highest BCUT2D eigenvalue weighted by Gasteiger charge is 2.19. The van der Waals surface area contributed by atoms with Crippen molar-refractivity contribution in [1.29, 1.82) is 0 Å². The van der Waals surface area contributed by atoms with Crippen molar-refractivity contribution >= 4 is 16.6 Å². The first-order chi connectivity index (χ1) is 13.2. The maximum absolute atomic E-state index is 12.7. The van der Waals surface area contributed by atoms with Gasteiger partial charge in [0.15, 0.2) is 11.4 Å². The molecule has 0 bridgehead atoms. The zero-order valence-corrected chi connectivity index (χ0v) is 14.7. The summed E-state index contributed by atoms with van der Waals surface area (Å²) in [5.41, 5.74) is 5.13. The fourth-order valence-electron chi connectivity index (χ4n) is 3.42. The Hall–Kier alpha value is -3.66. The second-order valence-electron chi connectivity index (χ2n) is 6.57. The molecule has 27 heavy (non-hydrogen) atoms. The zero-order valence-electron chi connectivity index (χ0n) is 14.7. The van der Waals surface area contributed by atoms with E-state index in [-0.39, 0.29) is 0 Å². The second kappa shape index (κ2) is 5.95. The van der Waals surface area contributed by atoms with Crippen LogP contribution in [0.15, 0.2) is 88.1 Å². The van der Waals surface area contributed by atoms with Crippen LogP contribution in [-0.2, 0) is 0 Å². The first-order valence-corrected chi connectivity index (χ1v) is 8.79. The summed E-state index contributed by atoms with van der Waals surface area (Å²) in [5.74, 6) is 0.0619. The van der Waals surface area contributed by atoms with Gasteiger partial charge in [-0.05, 0) is 13.0 Å². The van der Waals surface area contributed by atoms with Crippen molar-refractivity contribution in [2.24, 2.45) is 0 Å². The van der Waals surface area contributed by atoms with Crippen molar-refractivity contribution in [3.05, 3.63) is 95.0 Å². The Kier molecular flexibility index (Phi) is 3.44. The van der Waals surface area contributed by atoms with Crippen molar-refractivity contribution in [2.45, 2.75) is 6.92 Å². The van der Waals surface area contributed by atoms with Gasteiger partial charge in [-0.3, -0.25) is 0 Å². The predicted octanol–water partition coefficient (Wildman–Crippen LogP) is 5.08. The van der Waals surface area contributed by atoms with E-state index in [0.717, 1.165) is 33.3 Å². The lowest BCUT2D eigenvalue weighted by molar-refractivity contribution is 0.522. The van der Waals surface area contributed by atoms with Gasteiger partial charge in [-0.2, -0.15) is 0 Å². The lowest BCUT2D eigenvalue weighted by Gasteiger charge is -2.08. The highest BCUT2D eigenvalue weighted by molar-refractivity contribution is 5.95. The Labute approximate surface area is 155 Å². The summed E-state index contributed by atoms with van der Waals surface area (Å²) in [4.78, 5) is 17.5. The molecule has 0 radical (unpaired) electrons. The highest BCUT2D eigenvalue weighted by atomic mass is 16.4. The van der Waals surface area contributed by atoms with Crippen LogP contribution >= 0.6 is 0 Å². The molecule has 0 N–H and O–H groups in total. The van der Waals surface area contributed by atoms with Gasteiger partial charge in [0.1, 0.15) is 0 Å². The normalized spacial score (nSPS) is 11.3. The molecule has 0 fully saturated rings. The largest absolute Gasteiger partial charge is 0.425 e. The molecule has 5 aromatic rings. The van der Waals surface area contributed by atoms with E-state index in [9.17, 15) is 4.79 Å². The fourth-order valence-corrected chi connectivity index (χ4v) is 3.42. The molecule has 0 aliphatic carbocycles. The number of para-hydroxylation sites is 1. The van der Waals surface area contributed by atoms with E-state index in [1.165, 1.54) is 0 Å². The summed E-state index contributed by atoms with van der Waals surface area (Å²) in [6.45, 7) is 2.02. The molecular formula is C23H16N2O2. The van der Waals surface area contributed by atoms with Crippen molar-refractivity contribution in [1.82, 2.24) is 9.38 Å². The summed E-state index contributed by atoms with van der Waals surface area (Å²) >= 11 is 0. The minimum atomic E-state index is -0.427. The Morgan fingerprint density at radius 2 is 1.52 bits per heavy atom. The molecule has 2 heterocycles. The first-order valence-electron chi connectivity index (χ1n) is 8.79. The third kappa shape index (κ3) is 2.46. The van der Waals surface area contributed by atoms with Crippen LogP contribution in [0.1, 0.15) is 5.56 Å². The Morgan fingerprint density at radius 1 is 0.815 bits per heavy atom. The fraction of sp³-hybridized carbons (Fsp3) is 0.0435. The number of nitrogens with zero attached hydrogens (tertiary/aromatic N) is 2. The van der Waals surface area contributed by atoms with Crippen LogP contribution in [0.4, 0.5) is 0 Å². The average Bonchev–Trinajstić information content (AvgIpc) is 3.05. The number of aromatic nitrogens is 2. The van der Waals surface area contributed by atoms with Crippen LogP contribution in [-0.4, -0.2) is 9.38 Å². The van der Waals surface area contributed by atoms with Crippen molar-refractivity contribution in [3.8, 4) is 22.6 Å². The van der Waals surface area contributed by atoms with Gasteiger partial charge < -0.3 is 4.42 Å². The Bertz CT molecular complexity index is 1330. The maximum atomic E-state index is 12.7. The number of rotatable bonds is 2. The number of aryl methyl sites for hydroxylation is 1. The van der Waals surface area contributed by atoms with Crippen LogP contribution in [0.5, 0.6) is 0 Å². The van der Waals surface area contributed by atoms with Crippen LogP contribution < -0.4 is 5.76 Å². The second-order valence-corrected chi connectivity index (χ2v) is 6.57. The molecule has 2 aromatic heterocycles. The SMILES string of the molecule is Cc1ccc(-c2oc(=O)n3c2nc(-c2ccccc2)c2ccccc23)cc1. The third-order valence-corrected chi connectivity index (χ3v) is 4.77. The number of hydrogen-bond donors (Lipinski definition) is 0. The molecule has 4 nitrogen and oxygen atoms in total. The van der Waals surface area contributed by atoms with Gasteiger partial charge in [0.25, 0.3) is 0 Å². The van der Waals surface area contributed by atoms with Gasteiger partial charge in [0.2, 0.25) is 0 Å². The van der Waals surface area contributed by atoms with Gasteiger partial charge >= 0.3 is 5.76 Å². The summed E-state index contributed by atoms with van der Waals surface area (Å²) < 4.78 is 7.19. The lowest BCUT2D eigenvalue weighted by atomic mass is 10.1. The van der Waals surface area contributed by atoms with E-state index in [0.29, 0.717) is 11.4 Å². The van der Waals surface area contributed by atoms with E-state index in [4.69, 9.17) is 9.40 Å². The molecule has 3 aromatic carbocycles. The van der Waals surface area contributed by atoms with Crippen molar-refractivity contribution < 1.29 is 4.42 Å². The molecule has 0 amide bonds. The van der Waals surface area contributed by atoms with E-state index in [2.05, 4.69) is 0 Å². The molecule has 0 saturated carbocycles. The standard InChI is InChI=1S/C23H16N2O2/c1-15-11-13-17(14-12-15)21-22-24-20(16-7-3-2-4-8-16)18-9-5-6-10-19(18)25(22)23(26)27-21/h2-14H,1H3. The zero-order chi connectivity index (χ0) is 18.4. The van der Waals surface area contributed by atoms with Crippen molar-refractivity contribution in [3.63, 3.8) is 0 Å². The highest BCUT2D eigenvalue weighted by Crippen LogP contribution is 2.31. The minimum Gasteiger partial charge on any atom is -0.405 e. The Balaban J connectivity index is 1.92. The Morgan fingerprint density at radius 3 is 2.30 bits per heavy atom. The molecule has 130 valence electrons. The van der Waals surface area contributed by atoms with Crippen molar-refractivity contribution in [2.75, 3.05) is 0 Å². The van der Waals surface area contributed by atoms with E-state index < -0.39 is 5.76 Å². The molecule has 0 aliphatic heterocycles. The van der Waals surface area contributed by atoms with Crippen LogP contribution in [0.25, 0.3) is 39.1 Å². The minimum absolute atomic E-state index is 0.427. The van der Waals surface area contributed by atoms with Gasteiger partial charge in [0, 0.05) is 16.5 Å². The van der Waals surface area contributed by atoms with Crippen LogP contribution in [0.2, 0.25) is 0 Å². The number of oxazole rings is 1. The monoisotopic (exact) mass is 352 g/mol. The van der Waals surface area contributed by atoms with E-state index in [1.807, 2.05) is 85.8 Å². The molecule has 5 rings (SSSR count). The molecule has 4 heteroatoms. The molecular weight excluding hydrogens is 336 g/mol. The quantitative estimate of drug-likeness (QED) is 0.445. The van der Waals surface area contributed by atoms with E-state index >= 15 is 0 Å².